The van der Waals surface area contributed by atoms with E-state index < -0.39 is 47.7 Å². The second-order valence-corrected chi connectivity index (χ2v) is 3.87. The number of carbonyl (C=O) groups is 1. The molecule has 9 heteroatoms. The van der Waals surface area contributed by atoms with Crippen LogP contribution in [-0.4, -0.2) is 18.1 Å². The summed E-state index contributed by atoms with van der Waals surface area (Å²) in [4.78, 5) is 11.1. The average molecular weight is 306 g/mol. The predicted octanol–water partition coefficient (Wildman–Crippen LogP) is 3.82. The molecule has 0 radical (unpaired) electrons. The summed E-state index contributed by atoms with van der Waals surface area (Å²) in [6.07, 6.45) is -13.2. The van der Waals surface area contributed by atoms with Crippen LogP contribution in [0.25, 0.3) is 0 Å². The molecule has 0 aliphatic rings. The Morgan fingerprint density at radius 3 is 1.95 bits per heavy atom. The summed E-state index contributed by atoms with van der Waals surface area (Å²) in [5, 5.41) is 0. The fraction of sp³-hybridized carbons (Fsp3) is 0.364. The van der Waals surface area contributed by atoms with Gasteiger partial charge in [-0.05, 0) is 11.6 Å². The molecule has 1 nitrogen and oxygen atoms in total. The third kappa shape index (κ3) is 3.67. The van der Waals surface area contributed by atoms with Crippen LogP contribution in [0.1, 0.15) is 5.56 Å². The summed E-state index contributed by atoms with van der Waals surface area (Å²) in [6, 6.07) is 2.23. The van der Waals surface area contributed by atoms with Crippen molar-refractivity contribution in [1.29, 1.82) is 0 Å². The molecule has 0 spiro atoms. The first kappa shape index (κ1) is 16.4. The average Bonchev–Trinajstić information content (AvgIpc) is 2.20. The number of benzene rings is 1. The van der Waals surface area contributed by atoms with Crippen molar-refractivity contribution in [3.05, 3.63) is 35.4 Å². The monoisotopic (exact) mass is 306 g/mol. The topological polar surface area (TPSA) is 17.1 Å². The Morgan fingerprint density at radius 1 is 1.00 bits per heavy atom. The highest BCUT2D eigenvalue weighted by Gasteiger charge is 2.60. The molecule has 0 aliphatic carbocycles. The van der Waals surface area contributed by atoms with Gasteiger partial charge in [0.2, 0.25) is 5.92 Å². The van der Waals surface area contributed by atoms with Crippen LogP contribution in [0.15, 0.2) is 18.2 Å². The Kier molecular flexibility index (Phi) is 4.40. The van der Waals surface area contributed by atoms with Crippen molar-refractivity contribution in [2.45, 2.75) is 18.8 Å². The van der Waals surface area contributed by atoms with E-state index in [0.29, 0.717) is 6.07 Å². The number of Topliss-reactive ketones (excluding diaryl/α,β-unsaturated/α-hetero) is 1. The Hall–Kier alpha value is -1.67. The van der Waals surface area contributed by atoms with Crippen molar-refractivity contribution < 1.29 is 39.9 Å². The van der Waals surface area contributed by atoms with E-state index >= 15 is 0 Å². The molecule has 0 fully saturated rings. The second kappa shape index (κ2) is 5.37. The summed E-state index contributed by atoms with van der Waals surface area (Å²) in [5.41, 5.74) is -0.867. The van der Waals surface area contributed by atoms with Gasteiger partial charge in [-0.1, -0.05) is 12.1 Å². The molecule has 1 aromatic carbocycles. The minimum atomic E-state index is -5.85. The molecular weight excluding hydrogens is 300 g/mol. The zero-order valence-corrected chi connectivity index (χ0v) is 9.45. The lowest BCUT2D eigenvalue weighted by atomic mass is 9.96. The quantitative estimate of drug-likeness (QED) is 0.776. The van der Waals surface area contributed by atoms with E-state index in [0.717, 1.165) is 12.1 Å². The van der Waals surface area contributed by atoms with Crippen LogP contribution in [0.5, 0.6) is 0 Å². The van der Waals surface area contributed by atoms with Gasteiger partial charge in [-0.2, -0.15) is 26.3 Å². The van der Waals surface area contributed by atoms with E-state index in [2.05, 4.69) is 0 Å². The molecule has 0 bridgehead atoms. The molecule has 0 aliphatic heterocycles. The first-order chi connectivity index (χ1) is 8.94. The highest BCUT2D eigenvalue weighted by atomic mass is 19.4. The number of alkyl halides is 6. The molecule has 0 N–H and O–H groups in total. The third-order valence-electron chi connectivity index (χ3n) is 2.37. The van der Waals surface area contributed by atoms with Gasteiger partial charge >= 0.3 is 12.4 Å². The highest BCUT2D eigenvalue weighted by Crippen LogP contribution is 2.40. The van der Waals surface area contributed by atoms with E-state index in [1.807, 2.05) is 0 Å². The zero-order chi connectivity index (χ0) is 15.7. The van der Waals surface area contributed by atoms with Crippen molar-refractivity contribution in [2.75, 3.05) is 0 Å². The number of carbonyl (C=O) groups excluding carboxylic acids is 1. The molecule has 112 valence electrons. The molecule has 0 unspecified atom stereocenters. The first-order valence-corrected chi connectivity index (χ1v) is 5.03. The summed E-state index contributed by atoms with van der Waals surface area (Å²) in [5.74, 6) is -9.64. The molecule has 0 heterocycles. The molecule has 20 heavy (non-hydrogen) atoms. The zero-order valence-electron chi connectivity index (χ0n) is 9.45. The Balaban J connectivity index is 3.07. The normalized spacial score (nSPS) is 12.8. The lowest BCUT2D eigenvalue weighted by Crippen LogP contribution is -2.43. The van der Waals surface area contributed by atoms with Crippen molar-refractivity contribution in [3.63, 3.8) is 0 Å². The van der Waals surface area contributed by atoms with Crippen LogP contribution in [0.4, 0.5) is 35.1 Å². The molecule has 1 rings (SSSR count). The summed E-state index contributed by atoms with van der Waals surface area (Å²) in [6.45, 7) is 0. The number of hydrogen-bond donors (Lipinski definition) is 0. The summed E-state index contributed by atoms with van der Waals surface area (Å²) < 4.78 is 99.3. The van der Waals surface area contributed by atoms with Crippen LogP contribution in [-0.2, 0) is 11.2 Å². The van der Waals surface area contributed by atoms with Crippen LogP contribution in [0, 0.1) is 17.6 Å². The standard InChI is InChI=1S/C11H6F8O/c12-6-3-1-2-5(8(6)13)4-7(20)9(10(14,15)16)11(17,18)19/h1-3,9H,4H2. The molecule has 0 aromatic heterocycles. The Morgan fingerprint density at radius 2 is 1.50 bits per heavy atom. The van der Waals surface area contributed by atoms with E-state index in [1.165, 1.54) is 0 Å². The molecule has 0 saturated heterocycles. The number of ketones is 1. The lowest BCUT2D eigenvalue weighted by molar-refractivity contribution is -0.273. The summed E-state index contributed by atoms with van der Waals surface area (Å²) in [7, 11) is 0. The smallest absolute Gasteiger partial charge is 0.298 e. The Labute approximate surface area is 107 Å². The number of hydrogen-bond acceptors (Lipinski definition) is 1. The van der Waals surface area contributed by atoms with Gasteiger partial charge in [0.25, 0.3) is 0 Å². The SMILES string of the molecule is O=C(Cc1cccc(F)c1F)C(C(F)(F)F)C(F)(F)F. The van der Waals surface area contributed by atoms with Crippen LogP contribution < -0.4 is 0 Å². The number of halogens is 8. The molecular formula is C11H6F8O. The van der Waals surface area contributed by atoms with Crippen LogP contribution in [0.3, 0.4) is 0 Å². The van der Waals surface area contributed by atoms with E-state index in [-0.39, 0.29) is 0 Å². The Bertz CT molecular complexity index is 488. The number of rotatable bonds is 3. The lowest BCUT2D eigenvalue weighted by Gasteiger charge is -2.21. The molecule has 0 amide bonds. The van der Waals surface area contributed by atoms with E-state index in [9.17, 15) is 39.9 Å². The third-order valence-corrected chi connectivity index (χ3v) is 2.37. The van der Waals surface area contributed by atoms with Gasteiger partial charge < -0.3 is 0 Å². The van der Waals surface area contributed by atoms with Crippen molar-refractivity contribution in [2.24, 2.45) is 5.92 Å². The minimum Gasteiger partial charge on any atom is -0.298 e. The molecule has 0 saturated carbocycles. The van der Waals surface area contributed by atoms with Gasteiger partial charge in [-0.25, -0.2) is 8.78 Å². The van der Waals surface area contributed by atoms with Gasteiger partial charge in [0, 0.05) is 6.42 Å². The van der Waals surface area contributed by atoms with E-state index in [1.54, 1.807) is 0 Å². The molecule has 0 atom stereocenters. The van der Waals surface area contributed by atoms with Crippen molar-refractivity contribution >= 4 is 5.78 Å². The van der Waals surface area contributed by atoms with Crippen LogP contribution >= 0.6 is 0 Å². The second-order valence-electron chi connectivity index (χ2n) is 3.87. The van der Waals surface area contributed by atoms with Crippen molar-refractivity contribution in [1.82, 2.24) is 0 Å². The van der Waals surface area contributed by atoms with Crippen molar-refractivity contribution in [3.8, 4) is 0 Å². The van der Waals surface area contributed by atoms with Gasteiger partial charge in [0.1, 0.15) is 0 Å². The van der Waals surface area contributed by atoms with E-state index in [4.69, 9.17) is 0 Å². The fourth-order valence-electron chi connectivity index (χ4n) is 1.53. The van der Waals surface area contributed by atoms with Gasteiger partial charge in [-0.15, -0.1) is 0 Å². The van der Waals surface area contributed by atoms with Crippen LogP contribution in [0.2, 0.25) is 0 Å². The maximum absolute atomic E-state index is 13.1. The van der Waals surface area contributed by atoms with Gasteiger partial charge in [-0.3, -0.25) is 4.79 Å². The van der Waals surface area contributed by atoms with Gasteiger partial charge in [0.05, 0.1) is 0 Å². The summed E-state index contributed by atoms with van der Waals surface area (Å²) >= 11 is 0. The maximum atomic E-state index is 13.1. The minimum absolute atomic E-state index is 0.619. The largest absolute Gasteiger partial charge is 0.407 e. The first-order valence-electron chi connectivity index (χ1n) is 5.03. The maximum Gasteiger partial charge on any atom is 0.407 e. The predicted molar refractivity (Wildman–Crippen MR) is 50.7 cm³/mol. The fourth-order valence-corrected chi connectivity index (χ4v) is 1.53. The highest BCUT2D eigenvalue weighted by molar-refractivity contribution is 5.84. The molecule has 1 aromatic rings. The van der Waals surface area contributed by atoms with Gasteiger partial charge in [0.15, 0.2) is 17.4 Å².